The van der Waals surface area contributed by atoms with Gasteiger partial charge in [-0.2, -0.15) is 13.5 Å². The Hall–Kier alpha value is 0.240. The van der Waals surface area contributed by atoms with Gasteiger partial charge in [-0.3, -0.25) is 0 Å². The van der Waals surface area contributed by atoms with E-state index in [1.54, 1.807) is 0 Å². The van der Waals surface area contributed by atoms with Crippen molar-refractivity contribution in [2.24, 2.45) is 0 Å². The van der Waals surface area contributed by atoms with Crippen LogP contribution in [0.15, 0.2) is 0 Å². The number of hydrogen-bond donors (Lipinski definition) is 0. The lowest BCUT2D eigenvalue weighted by atomic mass is 10.4. The zero-order valence-electron chi connectivity index (χ0n) is 3.28. The van der Waals surface area contributed by atoms with Crippen LogP contribution in [-0.4, -0.2) is 13.0 Å². The first-order valence-corrected chi connectivity index (χ1v) is 1.65. The van der Waals surface area contributed by atoms with Gasteiger partial charge in [-0.25, -0.2) is 4.39 Å². The second kappa shape index (κ2) is 2.42. The molecule has 1 rings (SSSR count). The third kappa shape index (κ3) is 1.14. The first kappa shape index (κ1) is 6.24. The van der Waals surface area contributed by atoms with E-state index in [1.165, 1.54) is 0 Å². The maximum Gasteiger partial charge on any atom is 0.200 e. The van der Waals surface area contributed by atoms with E-state index in [-0.39, 0.29) is 13.5 Å². The summed E-state index contributed by atoms with van der Waals surface area (Å²) in [4.78, 5) is 0. The molecule has 1 unspecified atom stereocenters. The number of alkyl halides is 1. The molecule has 1 aliphatic heterocycles. The van der Waals surface area contributed by atoms with Gasteiger partial charge in [0.15, 0.2) is 0 Å². The van der Waals surface area contributed by atoms with Gasteiger partial charge in [-0.15, -0.1) is 0 Å². The molecule has 0 saturated carbocycles. The second-order valence-corrected chi connectivity index (χ2v) is 1.07. The Labute approximate surface area is 42.9 Å². The maximum absolute atomic E-state index is 11.3. The van der Waals surface area contributed by atoms with Crippen molar-refractivity contribution in [2.75, 3.05) is 6.61 Å². The summed E-state index contributed by atoms with van der Waals surface area (Å²) in [5, 5.41) is 0. The highest BCUT2D eigenvalue weighted by Crippen LogP contribution is 2.09. The monoisotopic (exact) mass is 110 g/mol. The van der Waals surface area contributed by atoms with Crippen LogP contribution in [0.3, 0.4) is 0 Å². The Morgan fingerprint density at radius 3 is 2.00 bits per heavy atom. The molecule has 0 aromatic carbocycles. The van der Waals surface area contributed by atoms with Gasteiger partial charge in [-0.05, 0) is 0 Å². The average Bonchev–Trinajstić information content (AvgIpc) is 1.30. The fourth-order valence-electron chi connectivity index (χ4n) is 0.207. The zero-order valence-corrected chi connectivity index (χ0v) is 4.28. The molecule has 0 radical (unpaired) electrons. The van der Waals surface area contributed by atoms with Gasteiger partial charge in [0.1, 0.15) is 0 Å². The topological polar surface area (TPSA) is 9.23 Å². The highest BCUT2D eigenvalue weighted by molar-refractivity contribution is 7.59. The Bertz CT molecular complexity index is 37.8. The van der Waals surface area contributed by atoms with Crippen molar-refractivity contribution in [1.29, 1.82) is 0 Å². The van der Waals surface area contributed by atoms with E-state index in [1.807, 2.05) is 0 Å². The van der Waals surface area contributed by atoms with E-state index in [0.717, 1.165) is 0 Å². The average molecular weight is 110 g/mol. The molecule has 0 spiro atoms. The van der Waals surface area contributed by atoms with Gasteiger partial charge in [-0.1, -0.05) is 0 Å². The number of hydrogen-bond acceptors (Lipinski definition) is 1. The van der Waals surface area contributed by atoms with E-state index < -0.39 is 6.36 Å². The molecular weight excluding hydrogens is 103 g/mol. The molecule has 1 nitrogen and oxygen atoms in total. The van der Waals surface area contributed by atoms with E-state index >= 15 is 0 Å². The van der Waals surface area contributed by atoms with Crippen LogP contribution >= 0.6 is 13.5 Å². The third-order valence-corrected chi connectivity index (χ3v) is 0.644. The molecular formula is C3H7FOS. The van der Waals surface area contributed by atoms with Crippen molar-refractivity contribution >= 4 is 13.5 Å². The van der Waals surface area contributed by atoms with Crippen LogP contribution < -0.4 is 0 Å². The predicted octanol–water partition coefficient (Wildman–Crippen LogP) is 0.815. The van der Waals surface area contributed by atoms with Crippen molar-refractivity contribution in [3.8, 4) is 0 Å². The van der Waals surface area contributed by atoms with Crippen molar-refractivity contribution in [3.05, 3.63) is 0 Å². The fourth-order valence-corrected chi connectivity index (χ4v) is 0.207. The lowest BCUT2D eigenvalue weighted by Crippen LogP contribution is -2.20. The van der Waals surface area contributed by atoms with Gasteiger partial charge in [0.2, 0.25) is 6.36 Å². The lowest BCUT2D eigenvalue weighted by molar-refractivity contribution is -0.131. The molecule has 0 aliphatic carbocycles. The molecule has 0 N–H and O–H groups in total. The summed E-state index contributed by atoms with van der Waals surface area (Å²) in [6.07, 6.45) is -0.338. The number of halogens is 1. The van der Waals surface area contributed by atoms with Crippen LogP contribution in [-0.2, 0) is 4.74 Å². The molecule has 0 bridgehead atoms. The molecule has 6 heavy (non-hydrogen) atoms. The Kier molecular flexibility index (Phi) is 2.52. The number of rotatable bonds is 0. The molecule has 1 fully saturated rings. The third-order valence-electron chi connectivity index (χ3n) is 0.644. The van der Waals surface area contributed by atoms with Crippen molar-refractivity contribution in [1.82, 2.24) is 0 Å². The van der Waals surface area contributed by atoms with E-state index in [4.69, 9.17) is 0 Å². The first-order chi connectivity index (χ1) is 2.39. The minimum Gasteiger partial charge on any atom is -0.348 e. The van der Waals surface area contributed by atoms with Gasteiger partial charge in [0, 0.05) is 6.42 Å². The van der Waals surface area contributed by atoms with E-state index in [9.17, 15) is 4.39 Å². The first-order valence-electron chi connectivity index (χ1n) is 1.65. The SMILES string of the molecule is FC1CCO1.S. The Morgan fingerprint density at radius 2 is 2.00 bits per heavy atom. The van der Waals surface area contributed by atoms with Crippen LogP contribution in [0.2, 0.25) is 0 Å². The molecule has 1 saturated heterocycles. The fraction of sp³-hybridized carbons (Fsp3) is 1.00. The summed E-state index contributed by atoms with van der Waals surface area (Å²) in [5.41, 5.74) is 0. The molecule has 0 aromatic heterocycles. The summed E-state index contributed by atoms with van der Waals surface area (Å²) in [6.45, 7) is 0.612. The van der Waals surface area contributed by atoms with Gasteiger partial charge >= 0.3 is 0 Å². The quantitative estimate of drug-likeness (QED) is 0.448. The molecule has 1 atom stereocenters. The highest BCUT2D eigenvalue weighted by Gasteiger charge is 2.14. The highest BCUT2D eigenvalue weighted by atomic mass is 32.1. The van der Waals surface area contributed by atoms with Gasteiger partial charge < -0.3 is 4.74 Å². The number of ether oxygens (including phenoxy) is 1. The predicted molar refractivity (Wildman–Crippen MR) is 25.8 cm³/mol. The maximum atomic E-state index is 11.3. The van der Waals surface area contributed by atoms with Crippen molar-refractivity contribution in [3.63, 3.8) is 0 Å². The van der Waals surface area contributed by atoms with Crippen molar-refractivity contribution in [2.45, 2.75) is 12.8 Å². The van der Waals surface area contributed by atoms with Crippen molar-refractivity contribution < 1.29 is 9.13 Å². The van der Waals surface area contributed by atoms with Crippen LogP contribution in [0.1, 0.15) is 6.42 Å². The Morgan fingerprint density at radius 1 is 1.67 bits per heavy atom. The summed E-state index contributed by atoms with van der Waals surface area (Å²) >= 11 is 0. The molecule has 0 amide bonds. The summed E-state index contributed by atoms with van der Waals surface area (Å²) in [5.74, 6) is 0. The second-order valence-electron chi connectivity index (χ2n) is 1.07. The summed E-state index contributed by atoms with van der Waals surface area (Å²) < 4.78 is 15.6. The van der Waals surface area contributed by atoms with E-state index in [2.05, 4.69) is 4.74 Å². The molecule has 3 heteroatoms. The van der Waals surface area contributed by atoms with E-state index in [0.29, 0.717) is 13.0 Å². The summed E-state index contributed by atoms with van der Waals surface area (Å²) in [6, 6.07) is 0. The van der Waals surface area contributed by atoms with Gasteiger partial charge in [0.05, 0.1) is 6.61 Å². The van der Waals surface area contributed by atoms with Gasteiger partial charge in [0.25, 0.3) is 0 Å². The Balaban J connectivity index is 0.000000250. The summed E-state index contributed by atoms with van der Waals surface area (Å²) in [7, 11) is 0. The van der Waals surface area contributed by atoms with Crippen LogP contribution in [0.5, 0.6) is 0 Å². The largest absolute Gasteiger partial charge is 0.348 e. The normalized spacial score (nSPS) is 30.5. The minimum absolute atomic E-state index is 0. The molecule has 1 heterocycles. The standard InChI is InChI=1S/C3H5FO.H2S/c4-3-1-2-5-3;/h3H,1-2H2;1H2. The lowest BCUT2D eigenvalue weighted by Gasteiger charge is -2.16. The van der Waals surface area contributed by atoms with Crippen LogP contribution in [0.4, 0.5) is 4.39 Å². The molecule has 0 aromatic rings. The molecule has 1 aliphatic rings. The smallest absolute Gasteiger partial charge is 0.200 e. The van der Waals surface area contributed by atoms with Crippen LogP contribution in [0.25, 0.3) is 0 Å². The minimum atomic E-state index is -0.935. The zero-order chi connectivity index (χ0) is 3.70. The molecule has 38 valence electrons. The van der Waals surface area contributed by atoms with Crippen LogP contribution in [0, 0.1) is 0 Å².